The van der Waals surface area contributed by atoms with E-state index in [1.54, 1.807) is 13.0 Å². The predicted octanol–water partition coefficient (Wildman–Crippen LogP) is 2.56. The van der Waals surface area contributed by atoms with Gasteiger partial charge in [-0.1, -0.05) is 6.07 Å². The first kappa shape index (κ1) is 13.6. The van der Waals surface area contributed by atoms with E-state index in [4.69, 9.17) is 0 Å². The minimum atomic E-state index is -0.143. The van der Waals surface area contributed by atoms with Gasteiger partial charge in [0, 0.05) is 23.0 Å². The van der Waals surface area contributed by atoms with Crippen LogP contribution in [0, 0.1) is 27.7 Å². The number of rotatable bonds is 2. The molecule has 2 aromatic rings. The van der Waals surface area contributed by atoms with Gasteiger partial charge < -0.3 is 9.67 Å². The Morgan fingerprint density at radius 2 is 1.74 bits per heavy atom. The molecule has 0 unspecified atom stereocenters. The summed E-state index contributed by atoms with van der Waals surface area (Å²) in [6.45, 7) is 7.62. The highest BCUT2D eigenvalue weighted by Gasteiger charge is 2.11. The molecule has 3 nitrogen and oxygen atoms in total. The van der Waals surface area contributed by atoms with Crippen LogP contribution in [0.5, 0.6) is 0 Å². The summed E-state index contributed by atoms with van der Waals surface area (Å²) in [4.78, 5) is 11.8. The van der Waals surface area contributed by atoms with Crippen molar-refractivity contribution in [3.05, 3.63) is 62.6 Å². The van der Waals surface area contributed by atoms with Crippen LogP contribution >= 0.6 is 0 Å². The van der Waals surface area contributed by atoms with E-state index in [1.165, 1.54) is 11.1 Å². The first-order valence-corrected chi connectivity index (χ1v) is 6.36. The van der Waals surface area contributed by atoms with Gasteiger partial charge in [0.1, 0.15) is 0 Å². The predicted molar refractivity (Wildman–Crippen MR) is 76.9 cm³/mol. The molecular weight excluding hydrogens is 238 g/mol. The maximum absolute atomic E-state index is 11.8. The maximum Gasteiger partial charge on any atom is 0.185 e. The van der Waals surface area contributed by atoms with E-state index in [1.807, 2.05) is 17.6 Å². The molecule has 1 heterocycles. The summed E-state index contributed by atoms with van der Waals surface area (Å²) in [6.07, 6.45) is 0. The number of aliphatic hydroxyl groups is 1. The third-order valence-electron chi connectivity index (χ3n) is 3.66. The number of aliphatic hydroxyl groups excluding tert-OH is 1. The molecule has 0 bridgehead atoms. The number of hydrogen-bond acceptors (Lipinski definition) is 2. The topological polar surface area (TPSA) is 42.2 Å². The molecule has 0 saturated heterocycles. The van der Waals surface area contributed by atoms with Crippen molar-refractivity contribution in [3.8, 4) is 5.69 Å². The fraction of sp³-hybridized carbons (Fsp3) is 0.312. The molecule has 0 aliphatic heterocycles. The van der Waals surface area contributed by atoms with Gasteiger partial charge in [-0.2, -0.15) is 0 Å². The lowest BCUT2D eigenvalue weighted by Gasteiger charge is -2.18. The third-order valence-corrected chi connectivity index (χ3v) is 3.66. The van der Waals surface area contributed by atoms with Gasteiger partial charge in [0.25, 0.3) is 0 Å². The Morgan fingerprint density at radius 1 is 1.05 bits per heavy atom. The summed E-state index contributed by atoms with van der Waals surface area (Å²) in [5, 5.41) is 9.57. The van der Waals surface area contributed by atoms with E-state index in [9.17, 15) is 9.90 Å². The van der Waals surface area contributed by atoms with Crippen molar-refractivity contribution in [1.29, 1.82) is 0 Å². The number of aryl methyl sites for hydroxylation is 3. The van der Waals surface area contributed by atoms with E-state index in [2.05, 4.69) is 26.0 Å². The molecule has 0 atom stereocenters. The molecule has 1 aromatic heterocycles. The van der Waals surface area contributed by atoms with Gasteiger partial charge in [-0.05, 0) is 51.0 Å². The summed E-state index contributed by atoms with van der Waals surface area (Å²) < 4.78 is 1.95. The van der Waals surface area contributed by atoms with Crippen molar-refractivity contribution in [2.24, 2.45) is 0 Å². The molecule has 0 aliphatic carbocycles. The quantitative estimate of drug-likeness (QED) is 0.898. The van der Waals surface area contributed by atoms with Gasteiger partial charge in [-0.3, -0.25) is 4.79 Å². The molecule has 2 rings (SSSR count). The van der Waals surface area contributed by atoms with Crippen molar-refractivity contribution < 1.29 is 5.11 Å². The lowest BCUT2D eigenvalue weighted by atomic mass is 10.1. The van der Waals surface area contributed by atoms with Crippen LogP contribution in [0.4, 0.5) is 0 Å². The number of pyridine rings is 1. The normalized spacial score (nSPS) is 10.8. The molecule has 0 aliphatic rings. The Hall–Kier alpha value is -1.87. The molecule has 3 heteroatoms. The highest BCUT2D eigenvalue weighted by atomic mass is 16.3. The van der Waals surface area contributed by atoms with Crippen LogP contribution in [0.3, 0.4) is 0 Å². The Labute approximate surface area is 113 Å². The largest absolute Gasteiger partial charge is 0.390 e. The van der Waals surface area contributed by atoms with Crippen molar-refractivity contribution in [3.63, 3.8) is 0 Å². The van der Waals surface area contributed by atoms with Crippen molar-refractivity contribution in [2.75, 3.05) is 0 Å². The van der Waals surface area contributed by atoms with E-state index < -0.39 is 0 Å². The zero-order valence-electron chi connectivity index (χ0n) is 11.8. The number of hydrogen-bond donors (Lipinski definition) is 1. The molecule has 0 saturated carbocycles. The van der Waals surface area contributed by atoms with E-state index in [0.717, 1.165) is 11.4 Å². The van der Waals surface area contributed by atoms with E-state index in [0.29, 0.717) is 11.3 Å². The zero-order chi connectivity index (χ0) is 14.2. The number of benzene rings is 1. The monoisotopic (exact) mass is 257 g/mol. The Bertz CT molecular complexity index is 684. The third kappa shape index (κ3) is 2.34. The first-order chi connectivity index (χ1) is 8.95. The van der Waals surface area contributed by atoms with Crippen molar-refractivity contribution in [1.82, 2.24) is 4.57 Å². The minimum Gasteiger partial charge on any atom is -0.390 e. The fourth-order valence-corrected chi connectivity index (χ4v) is 2.30. The highest BCUT2D eigenvalue weighted by Crippen LogP contribution is 2.19. The second-order valence-electron chi connectivity index (χ2n) is 4.98. The average Bonchev–Trinajstić information content (AvgIpc) is 2.37. The van der Waals surface area contributed by atoms with Gasteiger partial charge in [-0.25, -0.2) is 0 Å². The lowest BCUT2D eigenvalue weighted by molar-refractivity contribution is 0.272. The summed E-state index contributed by atoms with van der Waals surface area (Å²) in [5.41, 5.74) is 5.47. The molecule has 0 amide bonds. The van der Waals surface area contributed by atoms with Crippen LogP contribution in [0.15, 0.2) is 29.1 Å². The average molecular weight is 257 g/mol. The van der Waals surface area contributed by atoms with Crippen molar-refractivity contribution >= 4 is 0 Å². The number of nitrogens with zero attached hydrogens (tertiary/aromatic N) is 1. The van der Waals surface area contributed by atoms with Crippen LogP contribution < -0.4 is 5.43 Å². The summed E-state index contributed by atoms with van der Waals surface area (Å²) in [7, 11) is 0. The van der Waals surface area contributed by atoms with Crippen LogP contribution in [0.2, 0.25) is 0 Å². The van der Waals surface area contributed by atoms with Crippen LogP contribution in [-0.2, 0) is 6.61 Å². The molecule has 0 radical (unpaired) electrons. The molecule has 100 valence electrons. The summed E-state index contributed by atoms with van der Waals surface area (Å²) >= 11 is 0. The Kier molecular flexibility index (Phi) is 3.58. The second kappa shape index (κ2) is 5.02. The van der Waals surface area contributed by atoms with Gasteiger partial charge in [0.2, 0.25) is 0 Å². The molecule has 0 fully saturated rings. The van der Waals surface area contributed by atoms with Gasteiger partial charge >= 0.3 is 0 Å². The van der Waals surface area contributed by atoms with Crippen molar-refractivity contribution in [2.45, 2.75) is 34.3 Å². The van der Waals surface area contributed by atoms with Crippen LogP contribution in [0.1, 0.15) is 28.1 Å². The molecule has 0 spiro atoms. The fourth-order valence-electron chi connectivity index (χ4n) is 2.30. The minimum absolute atomic E-state index is 0.0263. The Morgan fingerprint density at radius 3 is 2.32 bits per heavy atom. The highest BCUT2D eigenvalue weighted by molar-refractivity contribution is 5.43. The zero-order valence-corrected chi connectivity index (χ0v) is 11.8. The maximum atomic E-state index is 11.8. The van der Waals surface area contributed by atoms with Crippen LogP contribution in [-0.4, -0.2) is 9.67 Å². The number of aromatic nitrogens is 1. The van der Waals surface area contributed by atoms with Gasteiger partial charge in [0.05, 0.1) is 12.3 Å². The summed E-state index contributed by atoms with van der Waals surface area (Å²) in [6, 6.07) is 7.76. The van der Waals surface area contributed by atoms with Crippen LogP contribution in [0.25, 0.3) is 5.69 Å². The second-order valence-corrected chi connectivity index (χ2v) is 4.98. The summed E-state index contributed by atoms with van der Waals surface area (Å²) in [5.74, 6) is 0. The van der Waals surface area contributed by atoms with Gasteiger partial charge in [0.15, 0.2) is 5.43 Å². The molecule has 1 aromatic carbocycles. The van der Waals surface area contributed by atoms with E-state index in [-0.39, 0.29) is 12.0 Å². The molecule has 1 N–H and O–H groups in total. The Balaban J connectivity index is 2.77. The SMILES string of the molecule is Cc1ccc(-n2c(C)cc(=O)c(C)c2CO)cc1C. The van der Waals surface area contributed by atoms with Gasteiger partial charge in [-0.15, -0.1) is 0 Å². The smallest absolute Gasteiger partial charge is 0.185 e. The molecular formula is C16H19NO2. The first-order valence-electron chi connectivity index (χ1n) is 6.36. The van der Waals surface area contributed by atoms with E-state index >= 15 is 0 Å². The standard InChI is InChI=1S/C16H19NO2/c1-10-5-6-14(7-11(10)2)17-12(3)8-16(19)13(4)15(17)9-18/h5-8,18H,9H2,1-4H3. The lowest BCUT2D eigenvalue weighted by Crippen LogP contribution is -2.18. The molecule has 19 heavy (non-hydrogen) atoms.